The number of hydrogen-bond acceptors (Lipinski definition) is 2. The smallest absolute Gasteiger partial charge is 0.144 e. The van der Waals surface area contributed by atoms with Gasteiger partial charge in [-0.05, 0) is 91.8 Å². The molecule has 1 aliphatic rings. The van der Waals surface area contributed by atoms with E-state index in [1.807, 2.05) is 0 Å². The molecule has 2 heteroatoms. The molecular formula is C47H33NO. The number of benzene rings is 8. The van der Waals surface area contributed by atoms with Gasteiger partial charge in [0.05, 0.1) is 0 Å². The van der Waals surface area contributed by atoms with Crippen LogP contribution in [0.1, 0.15) is 25.0 Å². The number of para-hydroxylation sites is 2. The highest BCUT2D eigenvalue weighted by Gasteiger charge is 2.41. The minimum Gasteiger partial charge on any atom is -0.455 e. The van der Waals surface area contributed by atoms with Crippen LogP contribution in [0.5, 0.6) is 0 Å². The molecule has 8 aromatic carbocycles. The molecule has 0 amide bonds. The number of fused-ring (bicyclic) bond motifs is 11. The molecule has 0 aliphatic heterocycles. The lowest BCUT2D eigenvalue weighted by Gasteiger charge is -2.25. The third kappa shape index (κ3) is 4.01. The number of anilines is 3. The zero-order chi connectivity index (χ0) is 32.7. The molecule has 1 heterocycles. The van der Waals surface area contributed by atoms with Crippen LogP contribution in [0.2, 0.25) is 0 Å². The number of furan rings is 1. The lowest BCUT2D eigenvalue weighted by Crippen LogP contribution is -2.15. The highest BCUT2D eigenvalue weighted by Crippen LogP contribution is 2.58. The molecule has 1 aliphatic carbocycles. The predicted molar refractivity (Wildman–Crippen MR) is 206 cm³/mol. The van der Waals surface area contributed by atoms with Crippen molar-refractivity contribution in [2.24, 2.45) is 0 Å². The van der Waals surface area contributed by atoms with Crippen LogP contribution in [-0.2, 0) is 5.41 Å². The van der Waals surface area contributed by atoms with E-state index in [-0.39, 0.29) is 5.41 Å². The molecule has 0 saturated carbocycles. The molecule has 49 heavy (non-hydrogen) atoms. The summed E-state index contributed by atoms with van der Waals surface area (Å²) in [7, 11) is 0. The Morgan fingerprint density at radius 3 is 1.84 bits per heavy atom. The molecule has 0 spiro atoms. The van der Waals surface area contributed by atoms with Gasteiger partial charge < -0.3 is 9.32 Å². The highest BCUT2D eigenvalue weighted by atomic mass is 16.3. The summed E-state index contributed by atoms with van der Waals surface area (Å²) in [5.74, 6) is 0. The number of hydrogen-bond donors (Lipinski definition) is 0. The molecule has 2 nitrogen and oxygen atoms in total. The van der Waals surface area contributed by atoms with Crippen LogP contribution in [0.25, 0.3) is 65.7 Å². The van der Waals surface area contributed by atoms with Gasteiger partial charge in [0.1, 0.15) is 11.2 Å². The molecule has 0 fully saturated rings. The van der Waals surface area contributed by atoms with E-state index in [4.69, 9.17) is 4.42 Å². The minimum atomic E-state index is -0.222. The minimum absolute atomic E-state index is 0.222. The molecule has 0 unspecified atom stereocenters. The Morgan fingerprint density at radius 1 is 0.469 bits per heavy atom. The van der Waals surface area contributed by atoms with Gasteiger partial charge in [-0.15, -0.1) is 0 Å². The summed E-state index contributed by atoms with van der Waals surface area (Å²) in [6.45, 7) is 4.75. The van der Waals surface area contributed by atoms with E-state index >= 15 is 0 Å². The summed E-state index contributed by atoms with van der Waals surface area (Å²) in [5, 5.41) is 7.31. The lowest BCUT2D eigenvalue weighted by molar-refractivity contribution is 0.658. The number of nitrogens with zero attached hydrogens (tertiary/aromatic N) is 1. The Balaban J connectivity index is 1.31. The second-order valence-electron chi connectivity index (χ2n) is 13.7. The van der Waals surface area contributed by atoms with E-state index in [1.165, 1.54) is 60.3 Å². The molecule has 0 saturated heterocycles. The van der Waals surface area contributed by atoms with Gasteiger partial charge >= 0.3 is 0 Å². The second-order valence-corrected chi connectivity index (χ2v) is 13.7. The van der Waals surface area contributed by atoms with Crippen LogP contribution in [0.4, 0.5) is 17.1 Å². The summed E-state index contributed by atoms with van der Waals surface area (Å²) in [4.78, 5) is 2.32. The van der Waals surface area contributed by atoms with Crippen LogP contribution < -0.4 is 4.90 Å². The van der Waals surface area contributed by atoms with Gasteiger partial charge in [0.25, 0.3) is 0 Å². The predicted octanol–water partition coefficient (Wildman–Crippen LogP) is 13.3. The van der Waals surface area contributed by atoms with Gasteiger partial charge in [-0.3, -0.25) is 0 Å². The number of rotatable bonds is 4. The maximum Gasteiger partial charge on any atom is 0.144 e. The molecule has 0 N–H and O–H groups in total. The fourth-order valence-electron chi connectivity index (χ4n) is 8.49. The van der Waals surface area contributed by atoms with Crippen molar-refractivity contribution >= 4 is 60.5 Å². The lowest BCUT2D eigenvalue weighted by atomic mass is 9.79. The van der Waals surface area contributed by atoms with Crippen molar-refractivity contribution in [2.75, 3.05) is 4.90 Å². The average molecular weight is 628 g/mol. The molecule has 1 aromatic heterocycles. The first kappa shape index (κ1) is 27.9. The normalized spacial score (nSPS) is 13.3. The summed E-state index contributed by atoms with van der Waals surface area (Å²) in [6.07, 6.45) is 0. The maximum absolute atomic E-state index is 7.06. The third-order valence-corrected chi connectivity index (χ3v) is 10.6. The van der Waals surface area contributed by atoms with E-state index < -0.39 is 0 Å². The summed E-state index contributed by atoms with van der Waals surface area (Å²) < 4.78 is 7.06. The Kier molecular flexibility index (Phi) is 5.95. The Morgan fingerprint density at radius 2 is 1.08 bits per heavy atom. The quantitative estimate of drug-likeness (QED) is 0.193. The Labute approximate surface area is 285 Å². The van der Waals surface area contributed by atoms with Crippen LogP contribution in [-0.4, -0.2) is 0 Å². The van der Waals surface area contributed by atoms with Crippen molar-refractivity contribution < 1.29 is 4.42 Å². The summed E-state index contributed by atoms with van der Waals surface area (Å²) >= 11 is 0. The van der Waals surface area contributed by atoms with Gasteiger partial charge in [0.15, 0.2) is 0 Å². The standard InChI is InChI=1S/C47H33NO/c1-47(2)40-26-14-25-36(35-24-13-16-30-15-9-10-21-34(30)35)43(40)44-45(47)38-23-12-11-22-37(38)42-39-29-33(27-28-41(39)49-46(42)44)48(31-17-5-3-6-18-31)32-19-7-4-8-20-32/h3-29H,1-2H3. The maximum atomic E-state index is 7.06. The van der Waals surface area contributed by atoms with Gasteiger partial charge in [0, 0.05) is 38.8 Å². The zero-order valence-electron chi connectivity index (χ0n) is 27.4. The molecule has 232 valence electrons. The monoisotopic (exact) mass is 627 g/mol. The average Bonchev–Trinajstić information content (AvgIpc) is 3.65. The van der Waals surface area contributed by atoms with Crippen molar-refractivity contribution in [3.63, 3.8) is 0 Å². The molecular weight excluding hydrogens is 595 g/mol. The van der Waals surface area contributed by atoms with Crippen molar-refractivity contribution in [3.8, 4) is 22.3 Å². The van der Waals surface area contributed by atoms with Gasteiger partial charge in [-0.25, -0.2) is 0 Å². The SMILES string of the molecule is CC1(C)c2cccc(-c3cccc4ccccc34)c2-c2c1c1ccccc1c1c2oc2ccc(N(c3ccccc3)c3ccccc3)cc21. The highest BCUT2D eigenvalue weighted by molar-refractivity contribution is 6.26. The molecule has 0 bridgehead atoms. The van der Waals surface area contributed by atoms with E-state index in [0.29, 0.717) is 0 Å². The topological polar surface area (TPSA) is 16.4 Å². The van der Waals surface area contributed by atoms with Crippen LogP contribution in [0.15, 0.2) is 168 Å². The van der Waals surface area contributed by atoms with Crippen LogP contribution >= 0.6 is 0 Å². The summed E-state index contributed by atoms with van der Waals surface area (Å²) in [6, 6.07) is 59.0. The summed E-state index contributed by atoms with van der Waals surface area (Å²) in [5.41, 5.74) is 12.6. The fraction of sp³-hybridized carbons (Fsp3) is 0.0638. The van der Waals surface area contributed by atoms with E-state index in [1.54, 1.807) is 0 Å². The Hall–Kier alpha value is -6.12. The fourth-order valence-corrected chi connectivity index (χ4v) is 8.49. The van der Waals surface area contributed by atoms with E-state index in [9.17, 15) is 0 Å². The van der Waals surface area contributed by atoms with E-state index in [2.05, 4.69) is 183 Å². The van der Waals surface area contributed by atoms with Gasteiger partial charge in [0.2, 0.25) is 0 Å². The first-order valence-corrected chi connectivity index (χ1v) is 17.0. The van der Waals surface area contributed by atoms with Crippen molar-refractivity contribution in [3.05, 3.63) is 175 Å². The van der Waals surface area contributed by atoms with Gasteiger partial charge in [-0.2, -0.15) is 0 Å². The second kappa shape index (κ2) is 10.4. The molecule has 9 aromatic rings. The third-order valence-electron chi connectivity index (χ3n) is 10.6. The van der Waals surface area contributed by atoms with E-state index in [0.717, 1.165) is 33.6 Å². The van der Waals surface area contributed by atoms with Crippen LogP contribution in [0.3, 0.4) is 0 Å². The zero-order valence-corrected chi connectivity index (χ0v) is 27.4. The van der Waals surface area contributed by atoms with Gasteiger partial charge in [-0.1, -0.05) is 135 Å². The largest absolute Gasteiger partial charge is 0.455 e. The van der Waals surface area contributed by atoms with Crippen molar-refractivity contribution in [2.45, 2.75) is 19.3 Å². The molecule has 0 radical (unpaired) electrons. The molecule has 10 rings (SSSR count). The van der Waals surface area contributed by atoms with Crippen LogP contribution in [0, 0.1) is 0 Å². The first-order chi connectivity index (χ1) is 24.1. The van der Waals surface area contributed by atoms with Crippen molar-refractivity contribution in [1.82, 2.24) is 0 Å². The Bertz CT molecular complexity index is 2690. The molecule has 0 atom stereocenters. The van der Waals surface area contributed by atoms with Crippen molar-refractivity contribution in [1.29, 1.82) is 0 Å². The first-order valence-electron chi connectivity index (χ1n) is 17.0.